The standard InChI is InChI=1S/C12H15ClN2O2/c13-9-2-1-3-11(5-9)15-6-8(12(16)17)4-10(14)7-15/h1-3,5,8,10H,4,6-7,14H2,(H,16,17). The Morgan fingerprint density at radius 2 is 2.24 bits per heavy atom. The second kappa shape index (κ2) is 4.94. The minimum atomic E-state index is -0.785. The summed E-state index contributed by atoms with van der Waals surface area (Å²) < 4.78 is 0. The minimum absolute atomic E-state index is 0.108. The maximum absolute atomic E-state index is 11.0. The van der Waals surface area contributed by atoms with E-state index >= 15 is 0 Å². The highest BCUT2D eigenvalue weighted by Gasteiger charge is 2.29. The van der Waals surface area contributed by atoms with E-state index in [1.807, 2.05) is 23.1 Å². The van der Waals surface area contributed by atoms with E-state index in [0.717, 1.165) is 5.69 Å². The second-order valence-electron chi connectivity index (χ2n) is 4.42. The predicted molar refractivity (Wildman–Crippen MR) is 67.4 cm³/mol. The summed E-state index contributed by atoms with van der Waals surface area (Å²) in [7, 11) is 0. The number of piperidine rings is 1. The minimum Gasteiger partial charge on any atom is -0.481 e. The number of carboxylic acids is 1. The number of anilines is 1. The van der Waals surface area contributed by atoms with Gasteiger partial charge >= 0.3 is 5.97 Å². The Morgan fingerprint density at radius 1 is 1.47 bits per heavy atom. The molecule has 2 unspecified atom stereocenters. The molecule has 1 aliphatic heterocycles. The van der Waals surface area contributed by atoms with Gasteiger partial charge in [0.05, 0.1) is 5.92 Å². The van der Waals surface area contributed by atoms with Crippen LogP contribution in [0.1, 0.15) is 6.42 Å². The summed E-state index contributed by atoms with van der Waals surface area (Å²) in [6.45, 7) is 1.16. The molecule has 0 spiro atoms. The van der Waals surface area contributed by atoms with Crippen molar-refractivity contribution in [1.29, 1.82) is 0 Å². The number of nitrogens with two attached hydrogens (primary N) is 1. The molecule has 1 aliphatic rings. The highest BCUT2D eigenvalue weighted by atomic mass is 35.5. The average molecular weight is 255 g/mol. The molecular formula is C12H15ClN2O2. The molecule has 2 atom stereocenters. The third kappa shape index (κ3) is 2.90. The third-order valence-corrected chi connectivity index (χ3v) is 3.24. The zero-order chi connectivity index (χ0) is 12.4. The molecule has 0 amide bonds. The number of benzene rings is 1. The van der Waals surface area contributed by atoms with Gasteiger partial charge in [0, 0.05) is 29.8 Å². The Kier molecular flexibility index (Phi) is 3.54. The molecule has 4 nitrogen and oxygen atoms in total. The van der Waals surface area contributed by atoms with E-state index in [2.05, 4.69) is 0 Å². The van der Waals surface area contributed by atoms with Gasteiger partial charge in [-0.1, -0.05) is 17.7 Å². The maximum atomic E-state index is 11.0. The number of halogens is 1. The molecule has 5 heteroatoms. The average Bonchev–Trinajstić information content (AvgIpc) is 2.28. The predicted octanol–water partition coefficient (Wildman–Crippen LogP) is 1.58. The van der Waals surface area contributed by atoms with Crippen LogP contribution in [0.5, 0.6) is 0 Å². The number of carbonyl (C=O) groups is 1. The Balaban J connectivity index is 2.18. The van der Waals surface area contributed by atoms with Gasteiger partial charge in [0.25, 0.3) is 0 Å². The van der Waals surface area contributed by atoms with Gasteiger partial charge in [-0.2, -0.15) is 0 Å². The largest absolute Gasteiger partial charge is 0.481 e. The summed E-state index contributed by atoms with van der Waals surface area (Å²) in [5.41, 5.74) is 6.82. The lowest BCUT2D eigenvalue weighted by atomic mass is 9.94. The van der Waals surface area contributed by atoms with Gasteiger partial charge in [-0.3, -0.25) is 4.79 Å². The van der Waals surface area contributed by atoms with Crippen molar-refractivity contribution < 1.29 is 9.90 Å². The van der Waals surface area contributed by atoms with Gasteiger partial charge in [0.15, 0.2) is 0 Å². The van der Waals surface area contributed by atoms with Gasteiger partial charge in [-0.15, -0.1) is 0 Å². The quantitative estimate of drug-likeness (QED) is 0.841. The summed E-state index contributed by atoms with van der Waals surface area (Å²) in [6.07, 6.45) is 0.534. The molecule has 1 saturated heterocycles. The zero-order valence-corrected chi connectivity index (χ0v) is 10.1. The summed E-state index contributed by atoms with van der Waals surface area (Å²) in [4.78, 5) is 13.0. The molecule has 92 valence electrons. The Bertz CT molecular complexity index is 425. The SMILES string of the molecule is NC1CC(C(=O)O)CN(c2cccc(Cl)c2)C1. The Morgan fingerprint density at radius 3 is 2.88 bits per heavy atom. The second-order valence-corrected chi connectivity index (χ2v) is 4.85. The fourth-order valence-electron chi connectivity index (χ4n) is 2.20. The van der Waals surface area contributed by atoms with Crippen LogP contribution in [0.3, 0.4) is 0 Å². The van der Waals surface area contributed by atoms with E-state index in [0.29, 0.717) is 24.5 Å². The summed E-state index contributed by atoms with van der Waals surface area (Å²) >= 11 is 5.93. The smallest absolute Gasteiger partial charge is 0.308 e. The van der Waals surface area contributed by atoms with E-state index in [-0.39, 0.29) is 6.04 Å². The monoisotopic (exact) mass is 254 g/mol. The van der Waals surface area contributed by atoms with E-state index in [1.165, 1.54) is 0 Å². The van der Waals surface area contributed by atoms with Crippen LogP contribution in [0.4, 0.5) is 5.69 Å². The van der Waals surface area contributed by atoms with E-state index in [4.69, 9.17) is 22.4 Å². The van der Waals surface area contributed by atoms with Crippen LogP contribution >= 0.6 is 11.6 Å². The molecule has 3 N–H and O–H groups in total. The third-order valence-electron chi connectivity index (χ3n) is 3.01. The van der Waals surface area contributed by atoms with E-state index in [1.54, 1.807) is 6.07 Å². The fraction of sp³-hybridized carbons (Fsp3) is 0.417. The van der Waals surface area contributed by atoms with Gasteiger partial charge in [0.1, 0.15) is 0 Å². The number of hydrogen-bond acceptors (Lipinski definition) is 3. The highest BCUT2D eigenvalue weighted by molar-refractivity contribution is 6.30. The van der Waals surface area contributed by atoms with Crippen LogP contribution in [0.25, 0.3) is 0 Å². The van der Waals surface area contributed by atoms with Crippen molar-refractivity contribution in [2.45, 2.75) is 12.5 Å². The van der Waals surface area contributed by atoms with Crippen LogP contribution in [-0.4, -0.2) is 30.2 Å². The summed E-state index contributed by atoms with van der Waals surface area (Å²) in [5.74, 6) is -1.19. The number of nitrogens with zero attached hydrogens (tertiary/aromatic N) is 1. The van der Waals surface area contributed by atoms with Gasteiger partial charge < -0.3 is 15.7 Å². The van der Waals surface area contributed by atoms with E-state index < -0.39 is 11.9 Å². The Hall–Kier alpha value is -1.26. The first-order valence-electron chi connectivity index (χ1n) is 5.55. The first-order chi connectivity index (χ1) is 8.06. The molecule has 1 aromatic carbocycles. The molecular weight excluding hydrogens is 240 g/mol. The van der Waals surface area contributed by atoms with Crippen LogP contribution < -0.4 is 10.6 Å². The molecule has 1 fully saturated rings. The molecule has 1 heterocycles. The lowest BCUT2D eigenvalue weighted by Crippen LogP contribution is -2.49. The summed E-state index contributed by atoms with van der Waals surface area (Å²) in [6, 6.07) is 7.29. The van der Waals surface area contributed by atoms with Crippen molar-refractivity contribution >= 4 is 23.3 Å². The molecule has 0 radical (unpaired) electrons. The van der Waals surface area contributed by atoms with Crippen molar-refractivity contribution in [1.82, 2.24) is 0 Å². The van der Waals surface area contributed by atoms with Crippen LogP contribution in [-0.2, 0) is 4.79 Å². The van der Waals surface area contributed by atoms with Crippen molar-refractivity contribution in [3.8, 4) is 0 Å². The zero-order valence-electron chi connectivity index (χ0n) is 9.34. The number of aliphatic carboxylic acids is 1. The Labute approximate surface area is 105 Å². The summed E-state index contributed by atoms with van der Waals surface area (Å²) in [5, 5.41) is 9.71. The topological polar surface area (TPSA) is 66.6 Å². The lowest BCUT2D eigenvalue weighted by molar-refractivity contribution is -0.142. The highest BCUT2D eigenvalue weighted by Crippen LogP contribution is 2.25. The first kappa shape index (κ1) is 12.2. The lowest BCUT2D eigenvalue weighted by Gasteiger charge is -2.36. The number of rotatable bonds is 2. The van der Waals surface area contributed by atoms with Crippen molar-refractivity contribution in [3.63, 3.8) is 0 Å². The molecule has 0 bridgehead atoms. The normalized spacial score (nSPS) is 24.7. The van der Waals surface area contributed by atoms with E-state index in [9.17, 15) is 4.79 Å². The van der Waals surface area contributed by atoms with Gasteiger partial charge in [-0.25, -0.2) is 0 Å². The van der Waals surface area contributed by atoms with Crippen molar-refractivity contribution in [2.75, 3.05) is 18.0 Å². The molecule has 17 heavy (non-hydrogen) atoms. The molecule has 0 saturated carbocycles. The first-order valence-corrected chi connectivity index (χ1v) is 5.93. The van der Waals surface area contributed by atoms with Gasteiger partial charge in [-0.05, 0) is 24.6 Å². The van der Waals surface area contributed by atoms with Crippen LogP contribution in [0.15, 0.2) is 24.3 Å². The number of hydrogen-bond donors (Lipinski definition) is 2. The van der Waals surface area contributed by atoms with Crippen molar-refractivity contribution in [3.05, 3.63) is 29.3 Å². The molecule has 0 aliphatic carbocycles. The fourth-order valence-corrected chi connectivity index (χ4v) is 2.39. The van der Waals surface area contributed by atoms with Crippen LogP contribution in [0, 0.1) is 5.92 Å². The molecule has 2 rings (SSSR count). The van der Waals surface area contributed by atoms with Crippen LogP contribution in [0.2, 0.25) is 5.02 Å². The van der Waals surface area contributed by atoms with Crippen molar-refractivity contribution in [2.24, 2.45) is 11.7 Å². The number of carboxylic acid groups (broad SMARTS) is 1. The molecule has 0 aromatic heterocycles. The van der Waals surface area contributed by atoms with Gasteiger partial charge in [0.2, 0.25) is 0 Å². The molecule has 1 aromatic rings. The maximum Gasteiger partial charge on any atom is 0.308 e.